The molecule has 0 radical (unpaired) electrons. The van der Waals surface area contributed by atoms with Gasteiger partial charge in [-0.25, -0.2) is 0 Å². The van der Waals surface area contributed by atoms with Crippen LogP contribution >= 0.6 is 23.8 Å². The molecule has 1 saturated heterocycles. The quantitative estimate of drug-likeness (QED) is 0.686. The Morgan fingerprint density at radius 3 is 2.57 bits per heavy atom. The predicted molar refractivity (Wildman–Crippen MR) is 118 cm³/mol. The number of methoxy groups -OCH3 is 1. The van der Waals surface area contributed by atoms with Crippen molar-refractivity contribution in [3.05, 3.63) is 59.1 Å². The van der Waals surface area contributed by atoms with Crippen molar-refractivity contribution in [2.75, 3.05) is 51.8 Å². The molecule has 3 rings (SSSR count). The lowest BCUT2D eigenvalue weighted by Gasteiger charge is -2.31. The van der Waals surface area contributed by atoms with Gasteiger partial charge in [-0.2, -0.15) is 0 Å². The lowest BCUT2D eigenvalue weighted by molar-refractivity contribution is 0.0358. The zero-order valence-corrected chi connectivity index (χ0v) is 17.6. The maximum absolute atomic E-state index is 6.29. The Morgan fingerprint density at radius 1 is 1.18 bits per heavy atom. The lowest BCUT2D eigenvalue weighted by Crippen LogP contribution is -2.44. The highest BCUT2D eigenvalue weighted by atomic mass is 35.5. The molecule has 0 aliphatic carbocycles. The number of hydrogen-bond acceptors (Lipinski definition) is 4. The number of para-hydroxylation sites is 1. The van der Waals surface area contributed by atoms with Crippen LogP contribution < -0.4 is 10.1 Å². The molecular weight excluding hydrogens is 394 g/mol. The molecular formula is C21H26ClN3O2S. The third-order valence-electron chi connectivity index (χ3n) is 4.73. The smallest absolute Gasteiger partial charge is 0.173 e. The largest absolute Gasteiger partial charge is 0.497 e. The molecule has 0 spiro atoms. The van der Waals surface area contributed by atoms with Crippen molar-refractivity contribution < 1.29 is 9.47 Å². The molecule has 2 aromatic rings. The Hall–Kier alpha value is -1.86. The van der Waals surface area contributed by atoms with Crippen LogP contribution in [-0.4, -0.2) is 61.4 Å². The molecule has 0 saturated carbocycles. The number of hydrogen-bond donors (Lipinski definition) is 1. The van der Waals surface area contributed by atoms with Crippen LogP contribution in [0.4, 0.5) is 5.69 Å². The van der Waals surface area contributed by atoms with Gasteiger partial charge in [-0.3, -0.25) is 4.90 Å². The summed E-state index contributed by atoms with van der Waals surface area (Å²) in [5, 5.41) is 4.62. The second kappa shape index (κ2) is 10.6. The highest BCUT2D eigenvalue weighted by molar-refractivity contribution is 7.80. The van der Waals surface area contributed by atoms with Crippen LogP contribution in [0, 0.1) is 0 Å². The molecule has 0 unspecified atom stereocenters. The Balaban J connectivity index is 1.68. The lowest BCUT2D eigenvalue weighted by atomic mass is 10.2. The van der Waals surface area contributed by atoms with Crippen molar-refractivity contribution in [2.45, 2.75) is 6.54 Å². The average molecular weight is 420 g/mol. The number of thiocarbonyl (C=S) groups is 1. The molecule has 0 aromatic heterocycles. The van der Waals surface area contributed by atoms with E-state index in [1.54, 1.807) is 7.11 Å². The van der Waals surface area contributed by atoms with Gasteiger partial charge in [-0.15, -0.1) is 0 Å². The number of ether oxygens (including phenoxy) is 2. The summed E-state index contributed by atoms with van der Waals surface area (Å²) in [6.07, 6.45) is 0. The van der Waals surface area contributed by atoms with Crippen LogP contribution in [0.5, 0.6) is 5.75 Å². The van der Waals surface area contributed by atoms with Crippen LogP contribution in [0.15, 0.2) is 48.5 Å². The number of morpholine rings is 1. The molecule has 1 aliphatic heterocycles. The van der Waals surface area contributed by atoms with Gasteiger partial charge in [0.1, 0.15) is 5.75 Å². The van der Waals surface area contributed by atoms with Gasteiger partial charge in [0.25, 0.3) is 0 Å². The molecule has 0 amide bonds. The number of rotatable bonds is 7. The second-order valence-corrected chi connectivity index (χ2v) is 7.43. The maximum Gasteiger partial charge on any atom is 0.173 e. The van der Waals surface area contributed by atoms with Gasteiger partial charge in [0.2, 0.25) is 0 Å². The summed E-state index contributed by atoms with van der Waals surface area (Å²) in [4.78, 5) is 4.58. The zero-order valence-electron chi connectivity index (χ0n) is 16.1. The van der Waals surface area contributed by atoms with E-state index in [4.69, 9.17) is 33.3 Å². The number of anilines is 1. The Kier molecular flexibility index (Phi) is 7.91. The van der Waals surface area contributed by atoms with Crippen molar-refractivity contribution in [1.29, 1.82) is 0 Å². The van der Waals surface area contributed by atoms with E-state index < -0.39 is 0 Å². The van der Waals surface area contributed by atoms with Crippen LogP contribution in [-0.2, 0) is 11.3 Å². The fourth-order valence-electron chi connectivity index (χ4n) is 3.05. The van der Waals surface area contributed by atoms with E-state index in [1.165, 1.54) is 5.56 Å². The molecule has 5 nitrogen and oxygen atoms in total. The van der Waals surface area contributed by atoms with Gasteiger partial charge < -0.3 is 19.7 Å². The van der Waals surface area contributed by atoms with Crippen LogP contribution in [0.1, 0.15) is 5.56 Å². The normalized spacial score (nSPS) is 14.5. The Morgan fingerprint density at radius 2 is 1.89 bits per heavy atom. The van der Waals surface area contributed by atoms with Crippen molar-refractivity contribution >= 4 is 34.6 Å². The molecule has 0 bridgehead atoms. The standard InChI is InChI=1S/C21H26ClN3O2S/c1-26-18-8-6-17(7-9-18)16-25(11-10-24-12-14-27-15-13-24)21(28)23-20-5-3-2-4-19(20)22/h2-9H,10-16H2,1H3,(H,23,28). The van der Waals surface area contributed by atoms with Gasteiger partial charge in [-0.05, 0) is 42.0 Å². The summed E-state index contributed by atoms with van der Waals surface area (Å²) in [6.45, 7) is 5.97. The number of nitrogens with one attached hydrogen (secondary N) is 1. The van der Waals surface area contributed by atoms with Crippen LogP contribution in [0.25, 0.3) is 0 Å². The molecule has 28 heavy (non-hydrogen) atoms. The van der Waals surface area contributed by atoms with Crippen molar-refractivity contribution in [3.63, 3.8) is 0 Å². The van der Waals surface area contributed by atoms with E-state index in [2.05, 4.69) is 27.2 Å². The van der Waals surface area contributed by atoms with Crippen LogP contribution in [0.2, 0.25) is 5.02 Å². The second-order valence-electron chi connectivity index (χ2n) is 6.63. The molecule has 1 N–H and O–H groups in total. The van der Waals surface area contributed by atoms with Gasteiger partial charge in [0.15, 0.2) is 5.11 Å². The molecule has 1 aliphatic rings. The highest BCUT2D eigenvalue weighted by Crippen LogP contribution is 2.21. The third-order valence-corrected chi connectivity index (χ3v) is 5.41. The molecule has 1 fully saturated rings. The van der Waals surface area contributed by atoms with E-state index in [0.29, 0.717) is 16.7 Å². The topological polar surface area (TPSA) is 37.0 Å². The molecule has 0 atom stereocenters. The van der Waals surface area contributed by atoms with E-state index in [1.807, 2.05) is 36.4 Å². The SMILES string of the molecule is COc1ccc(CN(CCN2CCOCC2)C(=S)Nc2ccccc2Cl)cc1. The first-order chi connectivity index (χ1) is 13.7. The third kappa shape index (κ3) is 6.07. The summed E-state index contributed by atoms with van der Waals surface area (Å²) in [7, 11) is 1.67. The van der Waals surface area contributed by atoms with Crippen molar-refractivity contribution in [2.24, 2.45) is 0 Å². The number of benzene rings is 2. The summed E-state index contributed by atoms with van der Waals surface area (Å²) < 4.78 is 10.7. The summed E-state index contributed by atoms with van der Waals surface area (Å²) in [6, 6.07) is 15.7. The summed E-state index contributed by atoms with van der Waals surface area (Å²) in [5.74, 6) is 0.848. The minimum Gasteiger partial charge on any atom is -0.497 e. The predicted octanol–water partition coefficient (Wildman–Crippen LogP) is 3.88. The monoisotopic (exact) mass is 419 g/mol. The summed E-state index contributed by atoms with van der Waals surface area (Å²) in [5.41, 5.74) is 1.99. The van der Waals surface area contributed by atoms with Crippen LogP contribution in [0.3, 0.4) is 0 Å². The summed E-state index contributed by atoms with van der Waals surface area (Å²) >= 11 is 12.0. The molecule has 7 heteroatoms. The minimum absolute atomic E-state index is 0.655. The zero-order chi connectivity index (χ0) is 19.8. The first-order valence-corrected chi connectivity index (χ1v) is 10.2. The molecule has 150 valence electrons. The van der Waals surface area contributed by atoms with Crippen molar-refractivity contribution in [1.82, 2.24) is 9.80 Å². The minimum atomic E-state index is 0.655. The van der Waals surface area contributed by atoms with Gasteiger partial charge in [0, 0.05) is 32.7 Å². The molecule has 1 heterocycles. The molecule has 2 aromatic carbocycles. The van der Waals surface area contributed by atoms with Gasteiger partial charge in [0.05, 0.1) is 31.0 Å². The first kappa shape index (κ1) is 20.9. The number of halogens is 1. The Bertz CT molecular complexity index is 767. The van der Waals surface area contributed by atoms with Gasteiger partial charge >= 0.3 is 0 Å². The maximum atomic E-state index is 6.29. The van der Waals surface area contributed by atoms with E-state index in [-0.39, 0.29) is 0 Å². The average Bonchev–Trinajstić information content (AvgIpc) is 2.74. The number of nitrogens with zero attached hydrogens (tertiary/aromatic N) is 2. The van der Waals surface area contributed by atoms with E-state index >= 15 is 0 Å². The van der Waals surface area contributed by atoms with E-state index in [9.17, 15) is 0 Å². The van der Waals surface area contributed by atoms with Crippen molar-refractivity contribution in [3.8, 4) is 5.75 Å². The fraction of sp³-hybridized carbons (Fsp3) is 0.381. The van der Waals surface area contributed by atoms with E-state index in [0.717, 1.165) is 50.8 Å². The fourth-order valence-corrected chi connectivity index (χ4v) is 3.50. The first-order valence-electron chi connectivity index (χ1n) is 9.39. The van der Waals surface area contributed by atoms with Gasteiger partial charge in [-0.1, -0.05) is 35.9 Å². The Labute approximate surface area is 177 Å². The highest BCUT2D eigenvalue weighted by Gasteiger charge is 2.16.